The van der Waals surface area contributed by atoms with E-state index in [1.165, 1.54) is 37.4 Å². The molecule has 0 radical (unpaired) electrons. The number of benzene rings is 2. The van der Waals surface area contributed by atoms with Crippen molar-refractivity contribution in [3.8, 4) is 5.75 Å². The first-order valence-electron chi connectivity index (χ1n) is 8.13. The Kier molecular flexibility index (Phi) is 5.30. The largest absolute Gasteiger partial charge is 0.494 e. The molecule has 1 fully saturated rings. The van der Waals surface area contributed by atoms with Crippen molar-refractivity contribution < 1.29 is 28.4 Å². The average Bonchev–Trinajstić information content (AvgIpc) is 2.68. The monoisotopic (exact) mass is 400 g/mol. The van der Waals surface area contributed by atoms with Crippen LogP contribution in [0.25, 0.3) is 0 Å². The smallest absolute Gasteiger partial charge is 0.335 e. The van der Waals surface area contributed by atoms with Gasteiger partial charge in [-0.3, -0.25) is 30.0 Å². The topological polar surface area (TPSA) is 131 Å². The number of barbiturate groups is 1. The summed E-state index contributed by atoms with van der Waals surface area (Å²) in [5, 5.41) is 12.9. The van der Waals surface area contributed by atoms with Crippen LogP contribution >= 0.6 is 0 Å². The molecule has 148 valence electrons. The molecule has 2 aromatic rings. The van der Waals surface area contributed by atoms with Gasteiger partial charge in [0.05, 0.1) is 17.7 Å². The van der Waals surface area contributed by atoms with E-state index in [9.17, 15) is 28.9 Å². The third-order valence-electron chi connectivity index (χ3n) is 4.03. The number of nitrogens with one attached hydrogen (secondary N) is 1. The molecule has 29 heavy (non-hydrogen) atoms. The van der Waals surface area contributed by atoms with E-state index in [1.54, 1.807) is 0 Å². The van der Waals surface area contributed by atoms with Gasteiger partial charge < -0.3 is 4.74 Å². The van der Waals surface area contributed by atoms with Gasteiger partial charge >= 0.3 is 6.03 Å². The van der Waals surface area contributed by atoms with Crippen LogP contribution in [0.2, 0.25) is 0 Å². The Balaban J connectivity index is 1.96. The predicted octanol–water partition coefficient (Wildman–Crippen LogP) is 2.34. The van der Waals surface area contributed by atoms with Crippen molar-refractivity contribution in [2.45, 2.75) is 0 Å². The molecular formula is C18H13FN4O6. The van der Waals surface area contributed by atoms with Crippen LogP contribution in [0.1, 0.15) is 0 Å². The van der Waals surface area contributed by atoms with E-state index < -0.39 is 34.5 Å². The number of carbonyl (C=O) groups is 3. The molecule has 0 bridgehead atoms. The van der Waals surface area contributed by atoms with Gasteiger partial charge in [-0.15, -0.1) is 0 Å². The highest BCUT2D eigenvalue weighted by Gasteiger charge is 2.41. The van der Waals surface area contributed by atoms with Crippen molar-refractivity contribution >= 4 is 41.1 Å². The first-order valence-corrected chi connectivity index (χ1v) is 8.13. The molecule has 10 nitrogen and oxygen atoms in total. The number of carbonyl (C=O) groups excluding carboxylic acids is 3. The number of amides is 4. The molecule has 1 saturated heterocycles. The molecule has 1 heterocycles. The number of rotatable bonds is 5. The van der Waals surface area contributed by atoms with Crippen molar-refractivity contribution in [1.82, 2.24) is 5.32 Å². The first-order chi connectivity index (χ1) is 13.8. The van der Waals surface area contributed by atoms with Crippen molar-refractivity contribution in [3.05, 3.63) is 58.4 Å². The number of nitrogens with zero attached hydrogens (tertiary/aromatic N) is 3. The number of non-ortho nitro benzene ring substituents is 1. The number of para-hydroxylation sites is 1. The second kappa shape index (κ2) is 7.84. The summed E-state index contributed by atoms with van der Waals surface area (Å²) in [7, 11) is 1.32. The molecule has 0 saturated carbocycles. The fourth-order valence-corrected chi connectivity index (χ4v) is 2.63. The molecule has 0 spiro atoms. The Bertz CT molecular complexity index is 1050. The van der Waals surface area contributed by atoms with Crippen LogP contribution in [-0.2, 0) is 9.59 Å². The fraction of sp³-hybridized carbons (Fsp3) is 0.111. The molecule has 3 rings (SSSR count). The van der Waals surface area contributed by atoms with E-state index in [2.05, 4.69) is 4.99 Å². The molecule has 1 N–H and O–H groups in total. The number of methoxy groups -OCH3 is 1. The number of nitro groups is 1. The van der Waals surface area contributed by atoms with Crippen LogP contribution in [0.4, 0.5) is 26.2 Å². The van der Waals surface area contributed by atoms with E-state index in [1.807, 2.05) is 5.32 Å². The van der Waals surface area contributed by atoms with Crippen LogP contribution in [0, 0.1) is 21.8 Å². The van der Waals surface area contributed by atoms with E-state index in [4.69, 9.17) is 4.74 Å². The molecule has 2 aromatic carbocycles. The van der Waals surface area contributed by atoms with Gasteiger partial charge in [-0.25, -0.2) is 14.1 Å². The number of ether oxygens (including phenoxy) is 1. The van der Waals surface area contributed by atoms with Crippen molar-refractivity contribution in [1.29, 1.82) is 0 Å². The highest BCUT2D eigenvalue weighted by atomic mass is 19.1. The van der Waals surface area contributed by atoms with Gasteiger partial charge in [-0.2, -0.15) is 0 Å². The summed E-state index contributed by atoms with van der Waals surface area (Å²) in [4.78, 5) is 51.6. The fourth-order valence-electron chi connectivity index (χ4n) is 2.63. The minimum atomic E-state index is -1.56. The summed E-state index contributed by atoms with van der Waals surface area (Å²) >= 11 is 0. The summed E-state index contributed by atoms with van der Waals surface area (Å²) in [6.07, 6.45) is 0.916. The lowest BCUT2D eigenvalue weighted by atomic mass is 10.1. The van der Waals surface area contributed by atoms with Crippen LogP contribution in [-0.4, -0.2) is 36.1 Å². The van der Waals surface area contributed by atoms with Crippen molar-refractivity contribution in [2.75, 3.05) is 12.0 Å². The van der Waals surface area contributed by atoms with Crippen LogP contribution in [0.15, 0.2) is 47.5 Å². The Morgan fingerprint density at radius 3 is 2.62 bits per heavy atom. The second-order valence-corrected chi connectivity index (χ2v) is 5.79. The number of hydrogen-bond donors (Lipinski definition) is 1. The Morgan fingerprint density at radius 1 is 1.24 bits per heavy atom. The van der Waals surface area contributed by atoms with Gasteiger partial charge in [0.2, 0.25) is 5.91 Å². The Morgan fingerprint density at radius 2 is 1.97 bits per heavy atom. The maximum atomic E-state index is 14.0. The highest BCUT2D eigenvalue weighted by molar-refractivity contribution is 6.32. The zero-order valence-electron chi connectivity index (χ0n) is 14.9. The van der Waals surface area contributed by atoms with E-state index in [0.717, 1.165) is 18.3 Å². The number of halogens is 1. The van der Waals surface area contributed by atoms with Crippen molar-refractivity contribution in [2.24, 2.45) is 10.9 Å². The number of aliphatic imine (C=N–C) groups is 1. The molecule has 11 heteroatoms. The number of imide groups is 2. The normalized spacial score (nSPS) is 16.8. The molecule has 1 aliphatic heterocycles. The number of urea groups is 1. The average molecular weight is 400 g/mol. The molecule has 1 aliphatic rings. The molecule has 1 atom stereocenters. The lowest BCUT2D eigenvalue weighted by Crippen LogP contribution is -2.58. The lowest BCUT2D eigenvalue weighted by Gasteiger charge is -2.28. The first kappa shape index (κ1) is 19.6. The van der Waals surface area contributed by atoms with E-state index in [-0.39, 0.29) is 22.8 Å². The zero-order valence-corrected chi connectivity index (χ0v) is 14.9. The maximum Gasteiger partial charge on any atom is 0.335 e. The standard InChI is InChI=1S/C18H13FN4O6/c1-29-15-7-6-10(23(27)28)8-13(15)20-9-11-16(24)21-18(26)22(17(11)25)14-5-3-2-4-12(14)19/h2-9,11H,1H3,(H,21,24,26)/t11-/m1/s1. The van der Waals surface area contributed by atoms with Gasteiger partial charge in [0.1, 0.15) is 17.3 Å². The second-order valence-electron chi connectivity index (χ2n) is 5.79. The van der Waals surface area contributed by atoms with E-state index in [0.29, 0.717) is 4.90 Å². The Hall–Kier alpha value is -4.15. The number of anilines is 1. The third kappa shape index (κ3) is 3.78. The lowest BCUT2D eigenvalue weighted by molar-refractivity contribution is -0.384. The summed E-state index contributed by atoms with van der Waals surface area (Å²) in [5.41, 5.74) is -0.606. The summed E-state index contributed by atoms with van der Waals surface area (Å²) in [6.45, 7) is 0. The third-order valence-corrected chi connectivity index (χ3v) is 4.03. The summed E-state index contributed by atoms with van der Waals surface area (Å²) in [6, 6.07) is 7.58. The molecule has 0 unspecified atom stereocenters. The highest BCUT2D eigenvalue weighted by Crippen LogP contribution is 2.31. The number of nitro benzene ring substituents is 1. The predicted molar refractivity (Wildman–Crippen MR) is 98.7 cm³/mol. The van der Waals surface area contributed by atoms with Gasteiger partial charge in [0.25, 0.3) is 11.6 Å². The minimum absolute atomic E-state index is 0.00311. The maximum absolute atomic E-state index is 14.0. The van der Waals surface area contributed by atoms with Crippen LogP contribution in [0.5, 0.6) is 5.75 Å². The molecular weight excluding hydrogens is 387 g/mol. The Labute approximate surface area is 162 Å². The quantitative estimate of drug-likeness (QED) is 0.355. The summed E-state index contributed by atoms with van der Waals surface area (Å²) in [5.74, 6) is -4.20. The molecule has 0 aliphatic carbocycles. The molecule has 0 aromatic heterocycles. The van der Waals surface area contributed by atoms with Gasteiger partial charge in [0, 0.05) is 18.3 Å². The molecule has 4 amide bonds. The van der Waals surface area contributed by atoms with Gasteiger partial charge in [-0.1, -0.05) is 12.1 Å². The van der Waals surface area contributed by atoms with Crippen LogP contribution in [0.3, 0.4) is 0 Å². The zero-order chi connectivity index (χ0) is 21.1. The van der Waals surface area contributed by atoms with Crippen LogP contribution < -0.4 is 15.0 Å². The van der Waals surface area contributed by atoms with Gasteiger partial charge in [0.15, 0.2) is 5.92 Å². The van der Waals surface area contributed by atoms with Crippen molar-refractivity contribution in [3.63, 3.8) is 0 Å². The minimum Gasteiger partial charge on any atom is -0.494 e. The number of hydrogen-bond acceptors (Lipinski definition) is 7. The SMILES string of the molecule is COc1ccc([N+](=O)[O-])cc1N=C[C@@H]1C(=O)NC(=O)N(c2ccccc2F)C1=O. The summed E-state index contributed by atoms with van der Waals surface area (Å²) < 4.78 is 19.1. The van der Waals surface area contributed by atoms with Gasteiger partial charge in [-0.05, 0) is 18.2 Å². The van der Waals surface area contributed by atoms with E-state index >= 15 is 0 Å².